The van der Waals surface area contributed by atoms with Crippen molar-refractivity contribution < 1.29 is 28.4 Å². The van der Waals surface area contributed by atoms with Gasteiger partial charge in [0.15, 0.2) is 0 Å². The fraction of sp³-hybridized carbons (Fsp3) is 0.789. The average molecular weight is 390 g/mol. The predicted molar refractivity (Wildman–Crippen MR) is 106 cm³/mol. The molecule has 0 aliphatic carbocycles. The van der Waals surface area contributed by atoms with Crippen molar-refractivity contribution in [1.82, 2.24) is 0 Å². The molecular formula is C19H37NO5P+. The van der Waals surface area contributed by atoms with Gasteiger partial charge in [0.1, 0.15) is 21.3 Å². The van der Waals surface area contributed by atoms with E-state index >= 15 is 0 Å². The average Bonchev–Trinajstić information content (AvgIpc) is 2.56. The van der Waals surface area contributed by atoms with Gasteiger partial charge in [-0.05, 0) is 19.0 Å². The summed E-state index contributed by atoms with van der Waals surface area (Å²) < 4.78 is 10.8. The Hall–Kier alpha value is -0.810. The Bertz CT molecular complexity index is 409. The van der Waals surface area contributed by atoms with Gasteiger partial charge in [0.05, 0.1) is 27.7 Å². The van der Waals surface area contributed by atoms with Crippen LogP contribution in [-0.4, -0.2) is 74.5 Å². The van der Waals surface area contributed by atoms with E-state index in [2.05, 4.69) is 6.58 Å². The van der Waals surface area contributed by atoms with E-state index in [9.17, 15) is 14.5 Å². The van der Waals surface area contributed by atoms with E-state index in [0.29, 0.717) is 30.4 Å². The van der Waals surface area contributed by atoms with Crippen LogP contribution in [0.4, 0.5) is 0 Å². The number of hydrogen-bond acceptors (Lipinski definition) is 5. The second-order valence-corrected chi connectivity index (χ2v) is 9.17. The maximum atomic E-state index is 11.9. The largest absolute Gasteiger partial charge is 0.460 e. The maximum Gasteiger partial charge on any atom is 0.330 e. The van der Waals surface area contributed by atoms with Crippen molar-refractivity contribution in [3.8, 4) is 0 Å². The van der Waals surface area contributed by atoms with Crippen molar-refractivity contribution in [2.75, 3.05) is 53.7 Å². The molecule has 0 saturated carbocycles. The molecule has 0 radical (unpaired) electrons. The Morgan fingerprint density at radius 1 is 0.962 bits per heavy atom. The Balaban J connectivity index is 3.35. The van der Waals surface area contributed by atoms with E-state index in [4.69, 9.17) is 9.47 Å². The quantitative estimate of drug-likeness (QED) is 0.136. The Morgan fingerprint density at radius 2 is 1.54 bits per heavy atom. The normalized spacial score (nSPS) is 12.6. The molecule has 6 nitrogen and oxygen atoms in total. The molecule has 0 aromatic rings. The summed E-state index contributed by atoms with van der Waals surface area (Å²) in [5.74, 6) is -0.417. The highest BCUT2D eigenvalue weighted by Gasteiger charge is 2.21. The first-order valence-corrected chi connectivity index (χ1v) is 10.9. The molecule has 0 fully saturated rings. The Labute approximate surface area is 160 Å². The van der Waals surface area contributed by atoms with Crippen LogP contribution in [0.5, 0.6) is 0 Å². The van der Waals surface area contributed by atoms with E-state index in [1.54, 1.807) is 0 Å². The van der Waals surface area contributed by atoms with Crippen LogP contribution in [-0.2, 0) is 19.1 Å². The zero-order valence-electron chi connectivity index (χ0n) is 16.7. The monoisotopic (exact) mass is 390 g/mol. The number of likely N-dealkylation sites (N-methyl/N-ethyl adjacent to an activating group) is 1. The number of quaternary nitrogens is 1. The molecule has 26 heavy (non-hydrogen) atoms. The van der Waals surface area contributed by atoms with Crippen LogP contribution in [0.1, 0.15) is 44.9 Å². The highest BCUT2D eigenvalue weighted by atomic mass is 31.1. The number of hydrogen-bond donors (Lipinski definition) is 1. The first kappa shape index (κ1) is 25.2. The van der Waals surface area contributed by atoms with Crippen LogP contribution in [0.25, 0.3) is 0 Å². The van der Waals surface area contributed by atoms with Crippen molar-refractivity contribution in [1.29, 1.82) is 0 Å². The van der Waals surface area contributed by atoms with Gasteiger partial charge in [0.25, 0.3) is 0 Å². The fourth-order valence-electron chi connectivity index (χ4n) is 2.32. The maximum absolute atomic E-state index is 11.9. The SMILES string of the molecule is C=CC(=O)OCCOCCCCCCCCCP(O)C(=O)C[N+](C)(C)C. The number of unbranched alkanes of at least 4 members (excludes halogenated alkanes) is 6. The predicted octanol–water partition coefficient (Wildman–Crippen LogP) is 3.08. The number of esters is 1. The molecule has 1 unspecified atom stereocenters. The molecule has 0 amide bonds. The minimum atomic E-state index is -1.46. The fourth-order valence-corrected chi connectivity index (χ4v) is 3.68. The van der Waals surface area contributed by atoms with Gasteiger partial charge in [-0.15, -0.1) is 0 Å². The van der Waals surface area contributed by atoms with E-state index in [0.717, 1.165) is 38.2 Å². The van der Waals surface area contributed by atoms with E-state index < -0.39 is 14.1 Å². The lowest BCUT2D eigenvalue weighted by atomic mass is 10.1. The number of carbonyl (C=O) groups is 2. The van der Waals surface area contributed by atoms with Crippen LogP contribution in [0.2, 0.25) is 0 Å². The summed E-state index contributed by atoms with van der Waals surface area (Å²) in [7, 11) is 4.43. The number of carbonyl (C=O) groups excluding carboxylic acids is 2. The summed E-state index contributed by atoms with van der Waals surface area (Å²) in [5.41, 5.74) is 0.00626. The van der Waals surface area contributed by atoms with E-state index in [1.807, 2.05) is 21.1 Å². The zero-order valence-corrected chi connectivity index (χ0v) is 17.6. The van der Waals surface area contributed by atoms with Gasteiger partial charge in [0.2, 0.25) is 5.52 Å². The van der Waals surface area contributed by atoms with Crippen LogP contribution in [0.15, 0.2) is 12.7 Å². The Kier molecular flexibility index (Phi) is 14.8. The summed E-state index contributed by atoms with van der Waals surface area (Å²) in [6, 6.07) is 0. The highest BCUT2D eigenvalue weighted by Crippen LogP contribution is 2.33. The minimum Gasteiger partial charge on any atom is -0.460 e. The van der Waals surface area contributed by atoms with E-state index in [1.165, 1.54) is 12.8 Å². The number of rotatable bonds is 17. The first-order chi connectivity index (χ1) is 12.3. The lowest BCUT2D eigenvalue weighted by Crippen LogP contribution is -2.39. The molecule has 0 aromatic heterocycles. The van der Waals surface area contributed by atoms with Gasteiger partial charge in [-0.25, -0.2) is 4.79 Å². The van der Waals surface area contributed by atoms with Crippen molar-refractivity contribution in [2.24, 2.45) is 0 Å². The molecule has 0 aliphatic rings. The summed E-state index contributed by atoms with van der Waals surface area (Å²) in [4.78, 5) is 32.6. The first-order valence-electron chi connectivity index (χ1n) is 9.43. The van der Waals surface area contributed by atoms with Crippen LogP contribution >= 0.6 is 8.15 Å². The van der Waals surface area contributed by atoms with Crippen LogP contribution in [0.3, 0.4) is 0 Å². The lowest BCUT2D eigenvalue weighted by Gasteiger charge is -2.23. The second-order valence-electron chi connectivity index (χ2n) is 7.42. The molecule has 0 aliphatic heterocycles. The molecule has 1 N–H and O–H groups in total. The summed E-state index contributed by atoms with van der Waals surface area (Å²) in [6.07, 6.45) is 9.41. The second kappa shape index (κ2) is 15.3. The van der Waals surface area contributed by atoms with Gasteiger partial charge in [-0.1, -0.05) is 38.7 Å². The standard InChI is InChI=1S/C19H37NO5P/c1-5-18(21)25-15-14-24-13-11-9-7-6-8-10-12-16-26(23)19(22)17-20(2,3)4/h5,23H,1,6-17H2,2-4H3/q+1. The lowest BCUT2D eigenvalue weighted by molar-refractivity contribution is -0.861. The van der Waals surface area contributed by atoms with Crippen molar-refractivity contribution in [3.05, 3.63) is 12.7 Å². The molecule has 1 atom stereocenters. The van der Waals surface area contributed by atoms with Gasteiger partial charge in [0, 0.05) is 12.7 Å². The summed E-state index contributed by atoms with van der Waals surface area (Å²) >= 11 is 0. The van der Waals surface area contributed by atoms with Gasteiger partial charge >= 0.3 is 5.97 Å². The van der Waals surface area contributed by atoms with Crippen molar-refractivity contribution >= 4 is 19.6 Å². The van der Waals surface area contributed by atoms with Crippen molar-refractivity contribution in [2.45, 2.75) is 44.9 Å². The van der Waals surface area contributed by atoms with Gasteiger partial charge in [-0.3, -0.25) is 4.79 Å². The molecule has 0 heterocycles. The van der Waals surface area contributed by atoms with Gasteiger partial charge in [-0.2, -0.15) is 0 Å². The highest BCUT2D eigenvalue weighted by molar-refractivity contribution is 7.69. The topological polar surface area (TPSA) is 72.8 Å². The molecule has 0 rings (SSSR count). The molecule has 7 heteroatoms. The molecule has 0 saturated heterocycles. The molecular weight excluding hydrogens is 353 g/mol. The smallest absolute Gasteiger partial charge is 0.330 e. The van der Waals surface area contributed by atoms with Crippen molar-refractivity contribution in [3.63, 3.8) is 0 Å². The zero-order chi connectivity index (χ0) is 19.8. The van der Waals surface area contributed by atoms with Crippen LogP contribution in [0, 0.1) is 0 Å². The van der Waals surface area contributed by atoms with E-state index in [-0.39, 0.29) is 12.1 Å². The third kappa shape index (κ3) is 16.6. The molecule has 152 valence electrons. The molecule has 0 bridgehead atoms. The van der Waals surface area contributed by atoms with Crippen LogP contribution < -0.4 is 0 Å². The minimum absolute atomic E-state index is 0.00626. The number of ether oxygens (including phenoxy) is 2. The Morgan fingerprint density at radius 3 is 2.12 bits per heavy atom. The summed E-state index contributed by atoms with van der Waals surface area (Å²) in [5, 5.41) is 0. The number of nitrogens with zero attached hydrogens (tertiary/aromatic N) is 1. The third-order valence-corrected chi connectivity index (χ3v) is 5.15. The van der Waals surface area contributed by atoms with Gasteiger partial charge < -0.3 is 18.9 Å². The molecule has 0 aromatic carbocycles. The third-order valence-electron chi connectivity index (χ3n) is 3.69. The summed E-state index contributed by atoms with van der Waals surface area (Å²) in [6.45, 7) is 5.12. The molecule has 0 spiro atoms.